The number of aromatic amines is 2. The second-order valence-corrected chi connectivity index (χ2v) is 14.0. The number of benzene rings is 3. The number of rotatable bonds is 10. The quantitative estimate of drug-likeness (QED) is 0.124. The van der Waals surface area contributed by atoms with Crippen LogP contribution in [-0.2, 0) is 19.1 Å². The van der Waals surface area contributed by atoms with E-state index in [9.17, 15) is 19.2 Å². The van der Waals surface area contributed by atoms with E-state index in [1.165, 1.54) is 14.2 Å². The molecule has 4 heterocycles. The summed E-state index contributed by atoms with van der Waals surface area (Å²) in [7, 11) is 2.54. The highest BCUT2D eigenvalue weighted by Gasteiger charge is 2.36. The second-order valence-electron chi connectivity index (χ2n) is 14.0. The first-order valence-corrected chi connectivity index (χ1v) is 18.3. The summed E-state index contributed by atoms with van der Waals surface area (Å²) in [6, 6.07) is 19.4. The summed E-state index contributed by atoms with van der Waals surface area (Å²) < 4.78 is 9.35. The van der Waals surface area contributed by atoms with Crippen LogP contribution in [0.25, 0.3) is 44.4 Å². The smallest absolute Gasteiger partial charge is 0.407 e. The number of carbonyl (C=O) groups is 4. The topological polar surface area (TPSA) is 175 Å². The first-order valence-electron chi connectivity index (χ1n) is 18.3. The third-order valence-corrected chi connectivity index (χ3v) is 10.3. The normalized spacial score (nSPS) is 17.1. The number of hydrogen-bond donors (Lipinski definition) is 4. The molecule has 284 valence electrons. The average Bonchev–Trinajstić information content (AvgIpc) is 4.05. The Morgan fingerprint density at radius 3 is 2.20 bits per heavy atom. The average molecular weight is 745 g/mol. The number of H-pyrrole nitrogens is 2. The molecule has 1 unspecified atom stereocenters. The number of nitrogens with zero attached hydrogens (tertiary/aromatic N) is 4. The maximum absolute atomic E-state index is 13.6. The lowest BCUT2D eigenvalue weighted by Crippen LogP contribution is -2.51. The van der Waals surface area contributed by atoms with Crippen molar-refractivity contribution in [3.8, 4) is 33.6 Å². The molecule has 0 saturated carbocycles. The molecule has 0 radical (unpaired) electrons. The number of imidazole rings is 2. The largest absolute Gasteiger partial charge is 0.453 e. The molecule has 3 atom stereocenters. The fourth-order valence-electron chi connectivity index (χ4n) is 7.44. The lowest BCUT2D eigenvalue weighted by Gasteiger charge is -2.29. The number of ether oxygens (including phenoxy) is 2. The van der Waals surface area contributed by atoms with Crippen molar-refractivity contribution < 1.29 is 28.7 Å². The molecule has 4 amide bonds. The maximum Gasteiger partial charge on any atom is 0.407 e. The fourth-order valence-corrected chi connectivity index (χ4v) is 7.44. The number of methoxy groups -OCH3 is 2. The molecule has 3 aromatic carbocycles. The van der Waals surface area contributed by atoms with E-state index in [0.29, 0.717) is 24.7 Å². The van der Waals surface area contributed by atoms with E-state index in [2.05, 4.69) is 78.9 Å². The Labute approximate surface area is 318 Å². The maximum atomic E-state index is 13.6. The van der Waals surface area contributed by atoms with Gasteiger partial charge < -0.3 is 39.9 Å². The number of nitrogens with one attached hydrogen (secondary N) is 4. The van der Waals surface area contributed by atoms with Crippen LogP contribution in [0.1, 0.15) is 50.4 Å². The van der Waals surface area contributed by atoms with Crippen LogP contribution >= 0.6 is 0 Å². The van der Waals surface area contributed by atoms with E-state index in [1.807, 2.05) is 38.1 Å². The molecule has 1 fully saturated rings. The molecular weight excluding hydrogens is 701 g/mol. The lowest BCUT2D eigenvalue weighted by molar-refractivity contribution is -0.135. The molecule has 2 aliphatic rings. The molecule has 14 nitrogen and oxygen atoms in total. The summed E-state index contributed by atoms with van der Waals surface area (Å²) in [5, 5.41) is 7.27. The molecule has 55 heavy (non-hydrogen) atoms. The number of amides is 4. The predicted molar refractivity (Wildman–Crippen MR) is 206 cm³/mol. The third kappa shape index (κ3) is 7.52. The Morgan fingerprint density at radius 1 is 0.818 bits per heavy atom. The molecule has 5 aromatic rings. The van der Waals surface area contributed by atoms with Gasteiger partial charge in [0.05, 0.1) is 44.0 Å². The standard InChI is InChI=1S/C41H44N8O6/c1-24(2)36(47-41(53)55-4)39(51)49-20-8-14-34(49)38-43-22-32(46-38)30-12-6-10-28-27(9-5-11-29(28)30)25-15-17-26(18-16-25)31-21-42-37(45-31)33-13-7-19-48(33)35(50)23-44-40(52)54-3/h5-6,8-12,14-18,21-22,24,33-34,36H,7,13,19-20,23H2,1-4H3,(H,42,45)(H,43,46)(H,44,52)(H,47,53)/t33-,34-,36?/m0/s1. The summed E-state index contributed by atoms with van der Waals surface area (Å²) in [5.74, 6) is 0.810. The van der Waals surface area contributed by atoms with Crippen molar-refractivity contribution in [2.45, 2.75) is 44.8 Å². The van der Waals surface area contributed by atoms with E-state index < -0.39 is 24.3 Å². The van der Waals surface area contributed by atoms with Gasteiger partial charge in [-0.15, -0.1) is 0 Å². The highest BCUT2D eigenvalue weighted by molar-refractivity contribution is 6.04. The molecular formula is C41H44N8O6. The highest BCUT2D eigenvalue weighted by Crippen LogP contribution is 2.37. The van der Waals surface area contributed by atoms with Crippen molar-refractivity contribution in [2.75, 3.05) is 33.9 Å². The van der Waals surface area contributed by atoms with Gasteiger partial charge in [-0.1, -0.05) is 86.7 Å². The Hall–Kier alpha value is -6.44. The molecule has 1 saturated heterocycles. The molecule has 4 N–H and O–H groups in total. The Morgan fingerprint density at radius 2 is 1.47 bits per heavy atom. The zero-order valence-corrected chi connectivity index (χ0v) is 31.2. The molecule has 2 aliphatic heterocycles. The number of aromatic nitrogens is 4. The van der Waals surface area contributed by atoms with Crippen LogP contribution in [0.2, 0.25) is 0 Å². The van der Waals surface area contributed by atoms with Gasteiger partial charge in [0.2, 0.25) is 11.8 Å². The van der Waals surface area contributed by atoms with Crippen LogP contribution in [0.15, 0.2) is 85.2 Å². The summed E-state index contributed by atoms with van der Waals surface area (Å²) in [4.78, 5) is 69.6. The van der Waals surface area contributed by atoms with Crippen molar-refractivity contribution in [1.82, 2.24) is 40.4 Å². The van der Waals surface area contributed by atoms with Crippen molar-refractivity contribution in [3.63, 3.8) is 0 Å². The fraction of sp³-hybridized carbons (Fsp3) is 0.317. The van der Waals surface area contributed by atoms with Crippen LogP contribution in [0.4, 0.5) is 9.59 Å². The molecule has 0 bridgehead atoms. The molecule has 7 rings (SSSR count). The van der Waals surface area contributed by atoms with Gasteiger partial charge in [-0.2, -0.15) is 0 Å². The van der Waals surface area contributed by atoms with E-state index in [4.69, 9.17) is 9.72 Å². The number of hydrogen-bond acceptors (Lipinski definition) is 8. The monoisotopic (exact) mass is 744 g/mol. The highest BCUT2D eigenvalue weighted by atomic mass is 16.5. The minimum atomic E-state index is -0.740. The Balaban J connectivity index is 1.09. The predicted octanol–water partition coefficient (Wildman–Crippen LogP) is 6.13. The van der Waals surface area contributed by atoms with Crippen LogP contribution in [-0.4, -0.2) is 93.6 Å². The van der Waals surface area contributed by atoms with E-state index >= 15 is 0 Å². The van der Waals surface area contributed by atoms with Gasteiger partial charge >= 0.3 is 12.2 Å². The summed E-state index contributed by atoms with van der Waals surface area (Å²) in [6.07, 6.45) is 7.81. The third-order valence-electron chi connectivity index (χ3n) is 10.3. The Kier molecular flexibility index (Phi) is 10.7. The van der Waals surface area contributed by atoms with Crippen molar-refractivity contribution in [2.24, 2.45) is 5.92 Å². The SMILES string of the molecule is COC(=O)NCC(=O)N1CCC[C@H]1c1ncc(-c2ccc(-c3cccc4c(-c5cnc([C@@H]6C=CCN6C(=O)C(NC(=O)OC)C(C)C)[nH]5)cccc34)cc2)[nH]1. The zero-order valence-electron chi connectivity index (χ0n) is 31.2. The summed E-state index contributed by atoms with van der Waals surface area (Å²) in [6.45, 7) is 4.63. The molecule has 2 aromatic heterocycles. The van der Waals surface area contributed by atoms with Crippen LogP contribution in [0, 0.1) is 5.92 Å². The van der Waals surface area contributed by atoms with Crippen molar-refractivity contribution >= 4 is 34.8 Å². The molecule has 0 spiro atoms. The van der Waals surface area contributed by atoms with Gasteiger partial charge in [0.1, 0.15) is 30.3 Å². The van der Waals surface area contributed by atoms with Gasteiger partial charge in [-0.05, 0) is 46.2 Å². The number of carbonyl (C=O) groups excluding carboxylic acids is 4. The number of likely N-dealkylation sites (tertiary alicyclic amines) is 1. The second kappa shape index (κ2) is 15.9. The minimum absolute atomic E-state index is 0.131. The van der Waals surface area contributed by atoms with Gasteiger partial charge in [0.25, 0.3) is 0 Å². The summed E-state index contributed by atoms with van der Waals surface area (Å²) in [5.41, 5.74) is 5.74. The van der Waals surface area contributed by atoms with Gasteiger partial charge in [-0.25, -0.2) is 19.6 Å². The van der Waals surface area contributed by atoms with E-state index in [0.717, 1.165) is 57.3 Å². The van der Waals surface area contributed by atoms with E-state index in [-0.39, 0.29) is 30.3 Å². The van der Waals surface area contributed by atoms with Crippen LogP contribution in [0.3, 0.4) is 0 Å². The first kappa shape index (κ1) is 36.9. The van der Waals surface area contributed by atoms with Gasteiger partial charge in [0, 0.05) is 18.7 Å². The van der Waals surface area contributed by atoms with Crippen LogP contribution < -0.4 is 10.6 Å². The van der Waals surface area contributed by atoms with Crippen molar-refractivity contribution in [1.29, 1.82) is 0 Å². The van der Waals surface area contributed by atoms with Gasteiger partial charge in [0.15, 0.2) is 0 Å². The van der Waals surface area contributed by atoms with Crippen molar-refractivity contribution in [3.05, 3.63) is 96.9 Å². The lowest BCUT2D eigenvalue weighted by atomic mass is 9.94. The van der Waals surface area contributed by atoms with Gasteiger partial charge in [-0.3, -0.25) is 9.59 Å². The Bertz CT molecular complexity index is 2240. The zero-order chi connectivity index (χ0) is 38.6. The number of alkyl carbamates (subject to hydrolysis) is 2. The summed E-state index contributed by atoms with van der Waals surface area (Å²) >= 11 is 0. The minimum Gasteiger partial charge on any atom is -0.453 e. The molecule has 0 aliphatic carbocycles. The van der Waals surface area contributed by atoms with Crippen LogP contribution in [0.5, 0.6) is 0 Å². The first-order chi connectivity index (χ1) is 26.7. The molecule has 14 heteroatoms. The van der Waals surface area contributed by atoms with E-state index in [1.54, 1.807) is 22.2 Å². The number of fused-ring (bicyclic) bond motifs is 1.